The molecule has 148 valence electrons. The van der Waals surface area contributed by atoms with Crippen molar-refractivity contribution >= 4 is 23.1 Å². The molecule has 3 aromatic heterocycles. The first-order valence-corrected chi connectivity index (χ1v) is 9.90. The molecule has 2 atom stereocenters. The molecule has 0 saturated heterocycles. The van der Waals surface area contributed by atoms with Crippen molar-refractivity contribution in [2.24, 2.45) is 5.92 Å². The zero-order valence-electron chi connectivity index (χ0n) is 16.6. The lowest BCUT2D eigenvalue weighted by Gasteiger charge is -2.12. The second-order valence-electron chi connectivity index (χ2n) is 8.03. The van der Waals surface area contributed by atoms with E-state index in [2.05, 4.69) is 37.0 Å². The van der Waals surface area contributed by atoms with E-state index in [0.717, 1.165) is 47.8 Å². The number of anilines is 2. The Morgan fingerprint density at radius 2 is 2.21 bits per heavy atom. The fourth-order valence-corrected chi connectivity index (χ4v) is 4.06. The number of nitrogens with zero attached hydrogens (tertiary/aromatic N) is 4. The number of nitrogens with one attached hydrogen (secondary N) is 3. The van der Waals surface area contributed by atoms with Crippen LogP contribution in [0.1, 0.15) is 56.8 Å². The number of rotatable bonds is 6. The van der Waals surface area contributed by atoms with Crippen molar-refractivity contribution in [2.45, 2.75) is 58.4 Å². The summed E-state index contributed by atoms with van der Waals surface area (Å²) in [6.45, 7) is 5.95. The van der Waals surface area contributed by atoms with Crippen molar-refractivity contribution in [1.82, 2.24) is 30.1 Å². The molecule has 4 rings (SSSR count). The lowest BCUT2D eigenvalue weighted by molar-refractivity contribution is -0.122. The van der Waals surface area contributed by atoms with Crippen LogP contribution in [0.3, 0.4) is 0 Å². The molecule has 0 spiro atoms. The van der Waals surface area contributed by atoms with E-state index in [0.29, 0.717) is 18.3 Å². The maximum Gasteiger partial charge on any atom is 0.220 e. The Morgan fingerprint density at radius 1 is 1.36 bits per heavy atom. The number of aryl methyl sites for hydroxylation is 1. The summed E-state index contributed by atoms with van der Waals surface area (Å²) in [7, 11) is 0. The molecule has 1 aliphatic rings. The van der Waals surface area contributed by atoms with E-state index in [-0.39, 0.29) is 11.9 Å². The monoisotopic (exact) mass is 381 g/mol. The smallest absolute Gasteiger partial charge is 0.220 e. The predicted octanol–water partition coefficient (Wildman–Crippen LogP) is 3.30. The summed E-state index contributed by atoms with van der Waals surface area (Å²) in [5.41, 5.74) is 2.98. The number of H-pyrrole nitrogens is 1. The second kappa shape index (κ2) is 7.61. The van der Waals surface area contributed by atoms with Gasteiger partial charge >= 0.3 is 0 Å². The van der Waals surface area contributed by atoms with Crippen LogP contribution in [0.25, 0.3) is 5.52 Å². The third kappa shape index (κ3) is 4.00. The summed E-state index contributed by atoms with van der Waals surface area (Å²) >= 11 is 0. The van der Waals surface area contributed by atoms with Crippen LogP contribution in [0.2, 0.25) is 0 Å². The van der Waals surface area contributed by atoms with Crippen LogP contribution in [0.4, 0.5) is 11.6 Å². The summed E-state index contributed by atoms with van der Waals surface area (Å²) in [6.07, 6.45) is 7.34. The number of hydrogen-bond acceptors (Lipinski definition) is 5. The van der Waals surface area contributed by atoms with Gasteiger partial charge in [0.1, 0.15) is 5.52 Å². The van der Waals surface area contributed by atoms with E-state index in [1.165, 1.54) is 0 Å². The van der Waals surface area contributed by atoms with Gasteiger partial charge in [-0.1, -0.05) is 0 Å². The van der Waals surface area contributed by atoms with Gasteiger partial charge in [-0.25, -0.2) is 9.50 Å². The summed E-state index contributed by atoms with van der Waals surface area (Å²) < 4.78 is 1.81. The molecule has 0 aromatic carbocycles. The van der Waals surface area contributed by atoms with E-state index in [1.807, 2.05) is 37.5 Å². The predicted molar refractivity (Wildman–Crippen MR) is 108 cm³/mol. The Labute approximate surface area is 164 Å². The number of fused-ring (bicyclic) bond motifs is 1. The van der Waals surface area contributed by atoms with E-state index < -0.39 is 0 Å². The number of amides is 1. The molecule has 0 aliphatic heterocycles. The number of aromatic nitrogens is 5. The van der Waals surface area contributed by atoms with E-state index in [9.17, 15) is 4.79 Å². The van der Waals surface area contributed by atoms with Gasteiger partial charge in [0.05, 0.1) is 5.69 Å². The van der Waals surface area contributed by atoms with Crippen LogP contribution in [0.5, 0.6) is 0 Å². The van der Waals surface area contributed by atoms with Crippen molar-refractivity contribution in [3.8, 4) is 0 Å². The number of carbonyl (C=O) groups excluding carboxylic acids is 1. The molecule has 0 radical (unpaired) electrons. The average molecular weight is 381 g/mol. The molecule has 1 saturated carbocycles. The minimum absolute atomic E-state index is 0.155. The van der Waals surface area contributed by atoms with Gasteiger partial charge in [-0.3, -0.25) is 9.89 Å². The van der Waals surface area contributed by atoms with Crippen LogP contribution < -0.4 is 10.6 Å². The van der Waals surface area contributed by atoms with Gasteiger partial charge in [0.15, 0.2) is 11.6 Å². The standard InChI is InChI=1S/C20H27N7O/c1-12(2)22-19(28)10-14-4-5-15(9-14)16-11-18(25-24-16)23-20-17-8-13(3)26-27(17)7-6-21-20/h6-8,11-12,14-15H,4-5,9-10H2,1-3H3,(H,22,28)(H2,21,23,24,25)/t14-,15+/m1/s1. The highest BCUT2D eigenvalue weighted by Crippen LogP contribution is 2.39. The fraction of sp³-hybridized carbons (Fsp3) is 0.500. The molecule has 1 aliphatic carbocycles. The number of aromatic amines is 1. The first-order chi connectivity index (χ1) is 13.5. The Morgan fingerprint density at radius 3 is 3.04 bits per heavy atom. The SMILES string of the molecule is Cc1cc2c(Nc3cc([C@H]4CC[C@@H](CC(=O)NC(C)C)C4)[nH]n3)nccn2n1. The van der Waals surface area contributed by atoms with Crippen LogP contribution in [-0.4, -0.2) is 36.7 Å². The van der Waals surface area contributed by atoms with Crippen molar-refractivity contribution in [1.29, 1.82) is 0 Å². The lowest BCUT2D eigenvalue weighted by Crippen LogP contribution is -2.31. The highest BCUT2D eigenvalue weighted by molar-refractivity contribution is 5.76. The van der Waals surface area contributed by atoms with E-state index >= 15 is 0 Å². The lowest BCUT2D eigenvalue weighted by atomic mass is 9.99. The summed E-state index contributed by atoms with van der Waals surface area (Å²) in [4.78, 5) is 16.4. The molecule has 3 heterocycles. The minimum Gasteiger partial charge on any atom is -0.354 e. The fourth-order valence-electron chi connectivity index (χ4n) is 4.06. The van der Waals surface area contributed by atoms with E-state index in [1.54, 1.807) is 6.20 Å². The molecular formula is C20H27N7O. The van der Waals surface area contributed by atoms with Gasteiger partial charge in [-0.2, -0.15) is 10.2 Å². The maximum absolute atomic E-state index is 12.0. The van der Waals surface area contributed by atoms with Gasteiger partial charge in [-0.15, -0.1) is 0 Å². The van der Waals surface area contributed by atoms with Gasteiger partial charge in [0.25, 0.3) is 0 Å². The molecule has 28 heavy (non-hydrogen) atoms. The minimum atomic E-state index is 0.155. The van der Waals surface area contributed by atoms with Crippen molar-refractivity contribution < 1.29 is 4.79 Å². The molecule has 1 fully saturated rings. The van der Waals surface area contributed by atoms with Gasteiger partial charge in [0.2, 0.25) is 5.91 Å². The van der Waals surface area contributed by atoms with Crippen molar-refractivity contribution in [3.63, 3.8) is 0 Å². The molecule has 0 bridgehead atoms. The first-order valence-electron chi connectivity index (χ1n) is 9.90. The molecule has 3 N–H and O–H groups in total. The maximum atomic E-state index is 12.0. The Kier molecular flexibility index (Phi) is 5.02. The number of hydrogen-bond donors (Lipinski definition) is 3. The zero-order chi connectivity index (χ0) is 19.7. The Balaban J connectivity index is 1.40. The molecular weight excluding hydrogens is 354 g/mol. The van der Waals surface area contributed by atoms with Crippen LogP contribution in [-0.2, 0) is 4.79 Å². The summed E-state index contributed by atoms with van der Waals surface area (Å²) in [5, 5.41) is 18.3. The molecule has 1 amide bonds. The van der Waals surface area contributed by atoms with E-state index in [4.69, 9.17) is 0 Å². The van der Waals surface area contributed by atoms with Crippen LogP contribution in [0.15, 0.2) is 24.5 Å². The van der Waals surface area contributed by atoms with Gasteiger partial charge < -0.3 is 10.6 Å². The Hall–Kier alpha value is -2.90. The first kappa shape index (κ1) is 18.5. The second-order valence-corrected chi connectivity index (χ2v) is 8.03. The molecule has 8 nitrogen and oxygen atoms in total. The topological polar surface area (TPSA) is 100 Å². The van der Waals surface area contributed by atoms with Crippen molar-refractivity contribution in [2.75, 3.05) is 5.32 Å². The normalized spacial score (nSPS) is 19.4. The average Bonchev–Trinajstić information content (AvgIpc) is 3.33. The highest BCUT2D eigenvalue weighted by atomic mass is 16.1. The van der Waals surface area contributed by atoms with Gasteiger partial charge in [-0.05, 0) is 52.0 Å². The quantitative estimate of drug-likeness (QED) is 0.608. The van der Waals surface area contributed by atoms with Crippen molar-refractivity contribution in [3.05, 3.63) is 35.9 Å². The third-order valence-electron chi connectivity index (χ3n) is 5.26. The molecule has 0 unspecified atom stereocenters. The summed E-state index contributed by atoms with van der Waals surface area (Å²) in [5.74, 6) is 2.49. The largest absolute Gasteiger partial charge is 0.354 e. The third-order valence-corrected chi connectivity index (χ3v) is 5.26. The molecule has 8 heteroatoms. The zero-order valence-corrected chi connectivity index (χ0v) is 16.6. The number of carbonyl (C=O) groups is 1. The van der Waals surface area contributed by atoms with Gasteiger partial charge in [0, 0.05) is 42.5 Å². The van der Waals surface area contributed by atoms with Crippen LogP contribution >= 0.6 is 0 Å². The summed E-state index contributed by atoms with van der Waals surface area (Å²) in [6, 6.07) is 4.24. The Bertz CT molecular complexity index is 974. The molecule has 3 aromatic rings. The highest BCUT2D eigenvalue weighted by Gasteiger charge is 2.29. The van der Waals surface area contributed by atoms with Crippen LogP contribution in [0, 0.1) is 12.8 Å².